The monoisotopic (exact) mass is 348 g/mol. The predicted octanol–water partition coefficient (Wildman–Crippen LogP) is 2.01. The number of aromatic amines is 2. The van der Waals surface area contributed by atoms with Crippen molar-refractivity contribution >= 4 is 28.4 Å². The van der Waals surface area contributed by atoms with Crippen LogP contribution in [0.25, 0.3) is 28.4 Å². The Morgan fingerprint density at radius 1 is 1.38 bits per heavy atom. The highest BCUT2D eigenvalue weighted by atomic mass is 19.1. The highest BCUT2D eigenvalue weighted by Crippen LogP contribution is 2.20. The van der Waals surface area contributed by atoms with Crippen LogP contribution in [0.2, 0.25) is 0 Å². The lowest BCUT2D eigenvalue weighted by atomic mass is 10.1. The Kier molecular flexibility index (Phi) is 4.97. The number of halogens is 1. The van der Waals surface area contributed by atoms with Gasteiger partial charge in [-0.15, -0.1) is 11.5 Å². The van der Waals surface area contributed by atoms with E-state index in [4.69, 9.17) is 5.73 Å². The fourth-order valence-electron chi connectivity index (χ4n) is 2.99. The van der Waals surface area contributed by atoms with E-state index in [-0.39, 0.29) is 5.82 Å². The second kappa shape index (κ2) is 7.34. The molecule has 0 radical (unpaired) electrons. The van der Waals surface area contributed by atoms with Crippen molar-refractivity contribution in [2.45, 2.75) is 6.92 Å². The highest BCUT2D eigenvalue weighted by molar-refractivity contribution is 5.82. The maximum atomic E-state index is 13.7. The van der Waals surface area contributed by atoms with Crippen molar-refractivity contribution in [1.82, 2.24) is 15.3 Å². The van der Waals surface area contributed by atoms with E-state index in [2.05, 4.69) is 39.9 Å². The second-order valence-corrected chi connectivity index (χ2v) is 5.93. The average Bonchev–Trinajstić information content (AvgIpc) is 3.17. The van der Waals surface area contributed by atoms with Gasteiger partial charge in [0.05, 0.1) is 11.0 Å². The minimum atomic E-state index is -0.284. The summed E-state index contributed by atoms with van der Waals surface area (Å²) in [6, 6.07) is 4.65. The lowest BCUT2D eigenvalue weighted by Gasteiger charge is -2.07. The Balaban J connectivity index is 2.18. The van der Waals surface area contributed by atoms with E-state index >= 15 is 0 Å². The molecule has 3 aromatic rings. The van der Waals surface area contributed by atoms with E-state index in [0.717, 1.165) is 44.0 Å². The number of H-pyrrole nitrogens is 2. The van der Waals surface area contributed by atoms with Crippen molar-refractivity contribution in [2.24, 2.45) is 5.73 Å². The summed E-state index contributed by atoms with van der Waals surface area (Å²) in [5.74, 6) is -0.284. The molecule has 132 valence electrons. The maximum Gasteiger partial charge on any atom is 0.123 e. The molecule has 0 unspecified atom stereocenters. The van der Waals surface area contributed by atoms with E-state index < -0.39 is 0 Å². The third-order valence-electron chi connectivity index (χ3n) is 4.34. The van der Waals surface area contributed by atoms with E-state index in [0.29, 0.717) is 13.1 Å². The molecule has 5 N–H and O–H groups in total. The predicted molar refractivity (Wildman–Crippen MR) is 105 cm³/mol. The summed E-state index contributed by atoms with van der Waals surface area (Å²) in [6.45, 7) is 10.6. The molecular formula is C21H21FN4. The lowest BCUT2D eigenvalue weighted by molar-refractivity contribution is 0.629. The van der Waals surface area contributed by atoms with Crippen LogP contribution in [0.1, 0.15) is 16.8 Å². The van der Waals surface area contributed by atoms with Gasteiger partial charge in [-0.25, -0.2) is 4.39 Å². The number of rotatable bonds is 5. The topological polar surface area (TPSA) is 69.6 Å². The third kappa shape index (κ3) is 3.15. The molecule has 0 fully saturated rings. The van der Waals surface area contributed by atoms with Crippen molar-refractivity contribution in [3.63, 3.8) is 0 Å². The van der Waals surface area contributed by atoms with Gasteiger partial charge in [-0.3, -0.25) is 0 Å². The Morgan fingerprint density at radius 2 is 2.19 bits per heavy atom. The molecule has 0 atom stereocenters. The molecule has 0 spiro atoms. The van der Waals surface area contributed by atoms with Gasteiger partial charge in [0.2, 0.25) is 0 Å². The molecule has 26 heavy (non-hydrogen) atoms. The van der Waals surface area contributed by atoms with Gasteiger partial charge in [-0.1, -0.05) is 13.2 Å². The molecule has 0 saturated carbocycles. The van der Waals surface area contributed by atoms with Crippen molar-refractivity contribution in [3.8, 4) is 0 Å². The van der Waals surface area contributed by atoms with Gasteiger partial charge < -0.3 is 21.0 Å². The van der Waals surface area contributed by atoms with Gasteiger partial charge in [0.1, 0.15) is 5.82 Å². The van der Waals surface area contributed by atoms with Crippen LogP contribution in [0.4, 0.5) is 4.39 Å². The van der Waals surface area contributed by atoms with Crippen LogP contribution in [-0.4, -0.2) is 23.1 Å². The summed E-state index contributed by atoms with van der Waals surface area (Å²) < 4.78 is 13.7. The zero-order chi connectivity index (χ0) is 18.7. The largest absolute Gasteiger partial charge is 0.377 e. The summed E-state index contributed by atoms with van der Waals surface area (Å²) in [5, 5.41) is 5.56. The van der Waals surface area contributed by atoms with Crippen LogP contribution in [0, 0.1) is 12.7 Å². The van der Waals surface area contributed by atoms with Crippen LogP contribution in [0.3, 0.4) is 0 Å². The lowest BCUT2D eigenvalue weighted by Crippen LogP contribution is -2.22. The smallest absolute Gasteiger partial charge is 0.123 e. The number of hydrogen-bond donors (Lipinski definition) is 4. The third-order valence-corrected chi connectivity index (χ3v) is 4.34. The van der Waals surface area contributed by atoms with Gasteiger partial charge in [-0.2, -0.15) is 0 Å². The zero-order valence-corrected chi connectivity index (χ0v) is 14.7. The summed E-state index contributed by atoms with van der Waals surface area (Å²) >= 11 is 0. The Bertz CT molecular complexity index is 1150. The second-order valence-electron chi connectivity index (χ2n) is 5.93. The van der Waals surface area contributed by atoms with Crippen molar-refractivity contribution < 1.29 is 4.39 Å². The van der Waals surface area contributed by atoms with Gasteiger partial charge in [0, 0.05) is 46.7 Å². The molecule has 0 bridgehead atoms. The first-order chi connectivity index (χ1) is 12.6. The normalized spacial score (nSPS) is 11.4. The standard InChI is InChI=1S/C21H21FN4/c1-4-18(24-9-8-23)17-12-25-21(13(17)3)11-16-15-10-14(22)6-7-20(15)26-19(16)5-2/h6-7,10-12,24-26H,1-2,8-9,23H2,3H3/b16-11-. The molecule has 1 aromatic carbocycles. The van der Waals surface area contributed by atoms with Crippen molar-refractivity contribution in [2.75, 3.05) is 13.1 Å². The SMILES string of the molecule is C=C=C(NCCN)c1c[nH]c(/C=c2\c(=C=C)[nH]c3ccc(F)cc23)c1C. The summed E-state index contributed by atoms with van der Waals surface area (Å²) in [6.07, 6.45) is 3.86. The zero-order valence-electron chi connectivity index (χ0n) is 14.7. The van der Waals surface area contributed by atoms with E-state index in [1.165, 1.54) is 12.1 Å². The number of nitrogens with two attached hydrogens (primary N) is 1. The Morgan fingerprint density at radius 3 is 2.88 bits per heavy atom. The molecule has 0 aliphatic heterocycles. The number of fused-ring (bicyclic) bond motifs is 1. The average molecular weight is 348 g/mol. The summed E-state index contributed by atoms with van der Waals surface area (Å²) in [7, 11) is 0. The first-order valence-corrected chi connectivity index (χ1v) is 8.30. The molecule has 4 nitrogen and oxygen atoms in total. The minimum Gasteiger partial charge on any atom is -0.377 e. The quantitative estimate of drug-likeness (QED) is 0.533. The fraction of sp³-hybridized carbons (Fsp3) is 0.143. The van der Waals surface area contributed by atoms with Gasteiger partial charge in [-0.05, 0) is 36.8 Å². The van der Waals surface area contributed by atoms with Crippen LogP contribution in [-0.2, 0) is 0 Å². The number of aromatic nitrogens is 2. The minimum absolute atomic E-state index is 0.284. The molecule has 5 heteroatoms. The fourth-order valence-corrected chi connectivity index (χ4v) is 2.99. The summed E-state index contributed by atoms with van der Waals surface area (Å²) in [4.78, 5) is 6.47. The number of benzene rings is 1. The van der Waals surface area contributed by atoms with Gasteiger partial charge >= 0.3 is 0 Å². The molecule has 3 rings (SSSR count). The molecule has 2 heterocycles. The molecule has 0 amide bonds. The van der Waals surface area contributed by atoms with Crippen molar-refractivity contribution in [3.05, 3.63) is 76.5 Å². The molecule has 0 aliphatic carbocycles. The van der Waals surface area contributed by atoms with Gasteiger partial charge in [0.15, 0.2) is 0 Å². The van der Waals surface area contributed by atoms with Crippen LogP contribution in [0.5, 0.6) is 0 Å². The van der Waals surface area contributed by atoms with E-state index in [9.17, 15) is 4.39 Å². The van der Waals surface area contributed by atoms with Crippen LogP contribution in [0.15, 0.2) is 43.3 Å². The Hall–Kier alpha value is -3.23. The van der Waals surface area contributed by atoms with E-state index in [1.54, 1.807) is 6.07 Å². The highest BCUT2D eigenvalue weighted by Gasteiger charge is 2.10. The molecule has 2 aromatic heterocycles. The van der Waals surface area contributed by atoms with Gasteiger partial charge in [0.25, 0.3) is 0 Å². The number of nitrogens with one attached hydrogen (secondary N) is 3. The maximum absolute atomic E-state index is 13.7. The first kappa shape index (κ1) is 17.6. The number of hydrogen-bond acceptors (Lipinski definition) is 2. The van der Waals surface area contributed by atoms with Crippen molar-refractivity contribution in [1.29, 1.82) is 0 Å². The first-order valence-electron chi connectivity index (χ1n) is 8.30. The molecule has 0 aliphatic rings. The van der Waals surface area contributed by atoms with Crippen LogP contribution >= 0.6 is 0 Å². The van der Waals surface area contributed by atoms with E-state index in [1.807, 2.05) is 19.2 Å². The molecule has 0 saturated heterocycles. The van der Waals surface area contributed by atoms with Crippen LogP contribution < -0.4 is 21.6 Å². The Labute approximate surface area is 150 Å². The summed E-state index contributed by atoms with van der Waals surface area (Å²) in [5.41, 5.74) is 15.9. The molecular weight excluding hydrogens is 327 g/mol.